The van der Waals surface area contributed by atoms with Gasteiger partial charge in [-0.1, -0.05) is 18.0 Å². The first kappa shape index (κ1) is 24.8. The first-order chi connectivity index (χ1) is 17.0. The number of likely N-dealkylation sites (tertiary alicyclic amines) is 1. The Labute approximate surface area is 210 Å². The zero-order valence-corrected chi connectivity index (χ0v) is 21.2. The van der Waals surface area contributed by atoms with E-state index in [0.29, 0.717) is 41.6 Å². The molecule has 4 N–H and O–H groups in total. The van der Waals surface area contributed by atoms with Crippen LogP contribution in [0.1, 0.15) is 47.8 Å². The van der Waals surface area contributed by atoms with Gasteiger partial charge in [0.1, 0.15) is 23.2 Å². The van der Waals surface area contributed by atoms with Gasteiger partial charge in [0.15, 0.2) is 0 Å². The van der Waals surface area contributed by atoms with E-state index in [1.54, 1.807) is 18.1 Å². The van der Waals surface area contributed by atoms with Crippen molar-refractivity contribution in [3.05, 3.63) is 47.4 Å². The molecule has 1 amide bonds. The molecule has 1 unspecified atom stereocenters. The number of nitrogens with two attached hydrogens (primary N) is 1. The van der Waals surface area contributed by atoms with Gasteiger partial charge in [-0.3, -0.25) is 4.79 Å². The van der Waals surface area contributed by atoms with Crippen molar-refractivity contribution in [1.82, 2.24) is 19.9 Å². The predicted molar refractivity (Wildman–Crippen MR) is 141 cm³/mol. The number of amides is 1. The van der Waals surface area contributed by atoms with Gasteiger partial charge in [-0.25, -0.2) is 9.97 Å². The number of hydrogen-bond donors (Lipinski definition) is 3. The number of piperidine rings is 1. The normalized spacial score (nSPS) is 17.9. The van der Waals surface area contributed by atoms with E-state index in [0.717, 1.165) is 42.6 Å². The molecule has 10 heteroatoms. The molecular weight excluding hydrogens is 460 g/mol. The van der Waals surface area contributed by atoms with Crippen LogP contribution in [-0.2, 0) is 6.54 Å². The number of aromatic nitrogens is 3. The molecule has 1 fully saturated rings. The van der Waals surface area contributed by atoms with Crippen LogP contribution in [0.2, 0.25) is 0 Å². The van der Waals surface area contributed by atoms with Crippen molar-refractivity contribution in [2.45, 2.75) is 38.8 Å². The van der Waals surface area contributed by atoms with Crippen molar-refractivity contribution in [2.24, 2.45) is 11.7 Å². The van der Waals surface area contributed by atoms with Crippen LogP contribution in [0.4, 0.5) is 11.5 Å². The molecule has 2 atom stereocenters. The summed E-state index contributed by atoms with van der Waals surface area (Å²) in [5.41, 5.74) is 8.88. The van der Waals surface area contributed by atoms with Crippen LogP contribution in [0.5, 0.6) is 0 Å². The minimum atomic E-state index is -0.0395. The predicted octanol–water partition coefficient (Wildman–Crippen LogP) is 3.75. The highest BCUT2D eigenvalue weighted by Gasteiger charge is 2.30. The van der Waals surface area contributed by atoms with E-state index in [4.69, 9.17) is 5.73 Å². The molecule has 184 valence electrons. The molecule has 1 aliphatic rings. The number of nitriles is 1. The van der Waals surface area contributed by atoms with Gasteiger partial charge in [-0.2, -0.15) is 5.26 Å². The summed E-state index contributed by atoms with van der Waals surface area (Å²) in [6.07, 6.45) is 8.22. The highest BCUT2D eigenvalue weighted by Crippen LogP contribution is 2.31. The van der Waals surface area contributed by atoms with Crippen LogP contribution in [-0.4, -0.2) is 58.2 Å². The third kappa shape index (κ3) is 5.21. The molecule has 4 heterocycles. The van der Waals surface area contributed by atoms with E-state index in [2.05, 4.69) is 33.3 Å². The van der Waals surface area contributed by atoms with Crippen LogP contribution in [0.15, 0.2) is 30.6 Å². The Hall–Kier alpha value is -3.29. The number of nitrogens with zero attached hydrogens (tertiary/aromatic N) is 5. The van der Waals surface area contributed by atoms with E-state index in [1.165, 1.54) is 6.20 Å². The third-order valence-electron chi connectivity index (χ3n) is 6.72. The van der Waals surface area contributed by atoms with E-state index >= 15 is 0 Å². The number of rotatable bonds is 8. The van der Waals surface area contributed by atoms with Crippen LogP contribution in [0, 0.1) is 17.2 Å². The molecule has 9 nitrogen and oxygen atoms in total. The summed E-state index contributed by atoms with van der Waals surface area (Å²) in [5, 5.41) is 13.9. The molecule has 0 spiro atoms. The molecule has 35 heavy (non-hydrogen) atoms. The maximum Gasteiger partial charge on any atom is 0.270 e. The summed E-state index contributed by atoms with van der Waals surface area (Å²) in [6, 6.07) is 8.09. The lowest BCUT2D eigenvalue weighted by atomic mass is 9.89. The van der Waals surface area contributed by atoms with Crippen molar-refractivity contribution in [3.63, 3.8) is 0 Å². The Morgan fingerprint density at radius 3 is 3.00 bits per heavy atom. The van der Waals surface area contributed by atoms with E-state index < -0.39 is 0 Å². The zero-order valence-electron chi connectivity index (χ0n) is 20.4. The second kappa shape index (κ2) is 11.0. The number of aromatic amines is 1. The molecular formula is C25H32N8OS. The van der Waals surface area contributed by atoms with Gasteiger partial charge in [0.25, 0.3) is 5.91 Å². The lowest BCUT2D eigenvalue weighted by Gasteiger charge is -2.37. The molecule has 3 aromatic heterocycles. The van der Waals surface area contributed by atoms with Gasteiger partial charge in [-0.05, 0) is 50.8 Å². The van der Waals surface area contributed by atoms with E-state index in [1.807, 2.05) is 40.7 Å². The van der Waals surface area contributed by atoms with Crippen molar-refractivity contribution in [1.29, 1.82) is 5.26 Å². The van der Waals surface area contributed by atoms with Gasteiger partial charge < -0.3 is 25.2 Å². The molecule has 0 radical (unpaired) electrons. The van der Waals surface area contributed by atoms with Crippen LogP contribution < -0.4 is 15.4 Å². The second-order valence-electron chi connectivity index (χ2n) is 8.94. The van der Waals surface area contributed by atoms with Crippen LogP contribution in [0.25, 0.3) is 11.0 Å². The summed E-state index contributed by atoms with van der Waals surface area (Å²) in [7, 11) is 1.96. The molecule has 0 aromatic carbocycles. The average molecular weight is 493 g/mol. The summed E-state index contributed by atoms with van der Waals surface area (Å²) in [4.78, 5) is 27.4. The zero-order chi connectivity index (χ0) is 24.9. The maximum atomic E-state index is 13.4. The monoisotopic (exact) mass is 492 g/mol. The highest BCUT2D eigenvalue weighted by atomic mass is 32.2. The third-order valence-corrected chi connectivity index (χ3v) is 7.45. The topological polar surface area (TPSA) is 127 Å². The molecule has 0 aliphatic carbocycles. The Bertz CT molecular complexity index is 1240. The number of pyridine rings is 2. The van der Waals surface area contributed by atoms with Crippen molar-refractivity contribution in [2.75, 3.05) is 36.0 Å². The molecule has 1 aliphatic heterocycles. The summed E-state index contributed by atoms with van der Waals surface area (Å²) >= 11 is 1.57. The van der Waals surface area contributed by atoms with E-state index in [-0.39, 0.29) is 11.9 Å². The molecule has 0 bridgehead atoms. The lowest BCUT2D eigenvalue weighted by molar-refractivity contribution is 0.0567. The molecule has 4 rings (SSSR count). The van der Waals surface area contributed by atoms with Crippen molar-refractivity contribution >= 4 is 40.4 Å². The minimum Gasteiger partial charge on any atom is -0.379 e. The molecule has 0 saturated carbocycles. The van der Waals surface area contributed by atoms with Gasteiger partial charge in [0, 0.05) is 55.8 Å². The Morgan fingerprint density at radius 1 is 1.46 bits per heavy atom. The fraction of sp³-hybridized carbons (Fsp3) is 0.440. The van der Waals surface area contributed by atoms with Crippen LogP contribution in [0.3, 0.4) is 0 Å². The van der Waals surface area contributed by atoms with Gasteiger partial charge in [-0.15, -0.1) is 0 Å². The maximum absolute atomic E-state index is 13.4. The van der Waals surface area contributed by atoms with E-state index in [9.17, 15) is 10.1 Å². The highest BCUT2D eigenvalue weighted by molar-refractivity contribution is 7.99. The fourth-order valence-electron chi connectivity index (χ4n) is 4.81. The summed E-state index contributed by atoms with van der Waals surface area (Å²) in [5.74, 6) is 1.38. The van der Waals surface area contributed by atoms with Gasteiger partial charge in [0.05, 0.1) is 11.3 Å². The smallest absolute Gasteiger partial charge is 0.270 e. The van der Waals surface area contributed by atoms with Crippen molar-refractivity contribution in [3.8, 4) is 6.07 Å². The number of carbonyl (C=O) groups is 1. The number of anilines is 2. The number of H-pyrrole nitrogens is 1. The summed E-state index contributed by atoms with van der Waals surface area (Å²) < 4.78 is 2.00. The second-order valence-corrected chi connectivity index (χ2v) is 9.85. The number of nitrogens with one attached hydrogen (secondary N) is 2. The minimum absolute atomic E-state index is 0.0395. The van der Waals surface area contributed by atoms with Crippen molar-refractivity contribution < 1.29 is 4.79 Å². The van der Waals surface area contributed by atoms with Gasteiger partial charge >= 0.3 is 0 Å². The standard InChI is InChI=1S/C25H32N8OS/c1-16-11-17(6-8-26)7-10-33(16)25(34)21-12-20-22(19(13-27)15-30-23(20)31-21)29-14-18-5-4-9-28-24(18)32(2)35-3/h4-5,9,12,15-17H,6-8,10-11,14,26H2,1-3H3,(H2,29,30,31)/t16-,17?/m0/s1. The SMILES string of the molecule is CSN(C)c1ncccc1CNc1c(C#N)cnc2[nH]c(C(=O)N3CCC(CCN)C[C@@H]3C)cc12. The first-order valence-corrected chi connectivity index (χ1v) is 13.0. The summed E-state index contributed by atoms with van der Waals surface area (Å²) in [6.45, 7) is 3.97. The Balaban J connectivity index is 1.60. The largest absolute Gasteiger partial charge is 0.379 e. The first-order valence-electron chi connectivity index (χ1n) is 11.8. The Morgan fingerprint density at radius 2 is 2.29 bits per heavy atom. The number of carbonyl (C=O) groups excluding carboxylic acids is 1. The van der Waals surface area contributed by atoms with Crippen LogP contribution >= 0.6 is 11.9 Å². The number of fused-ring (bicyclic) bond motifs is 1. The lowest BCUT2D eigenvalue weighted by Crippen LogP contribution is -2.45. The average Bonchev–Trinajstić information content (AvgIpc) is 3.31. The number of hydrogen-bond acceptors (Lipinski definition) is 8. The molecule has 1 saturated heterocycles. The fourth-order valence-corrected chi connectivity index (χ4v) is 5.15. The quantitative estimate of drug-likeness (QED) is 0.406. The Kier molecular flexibility index (Phi) is 7.78. The molecule has 3 aromatic rings. The van der Waals surface area contributed by atoms with Gasteiger partial charge in [0.2, 0.25) is 0 Å².